The third-order valence-corrected chi connectivity index (χ3v) is 5.39. The molecule has 0 fully saturated rings. The number of hydrogen-bond acceptors (Lipinski definition) is 6. The number of aryl methyl sites for hydroxylation is 1. The number of ether oxygens (including phenoxy) is 2. The largest absolute Gasteiger partial charge is 0.493 e. The molecule has 2 aromatic rings. The van der Waals surface area contributed by atoms with Gasteiger partial charge in [0, 0.05) is 5.69 Å². The lowest BCUT2D eigenvalue weighted by Crippen LogP contribution is -2.46. The van der Waals surface area contributed by atoms with E-state index in [0.717, 1.165) is 29.7 Å². The van der Waals surface area contributed by atoms with Gasteiger partial charge >= 0.3 is 0 Å². The van der Waals surface area contributed by atoms with Crippen LogP contribution in [0.15, 0.2) is 53.1 Å². The molecule has 1 atom stereocenters. The molecule has 0 bridgehead atoms. The topological polar surface area (TPSA) is 74.6 Å². The Balaban J connectivity index is 2.07. The molecular formula is C23H25N3O3S. The molecule has 2 aromatic carbocycles. The maximum Gasteiger partial charge on any atom is 0.266 e. The molecule has 0 aromatic heterocycles. The van der Waals surface area contributed by atoms with E-state index in [1.165, 1.54) is 0 Å². The van der Waals surface area contributed by atoms with E-state index in [2.05, 4.69) is 24.9 Å². The summed E-state index contributed by atoms with van der Waals surface area (Å²) in [6, 6.07) is 15.3. The minimum atomic E-state index is -0.554. The molecule has 1 heterocycles. The lowest BCUT2D eigenvalue weighted by molar-refractivity contribution is -0.118. The zero-order valence-corrected chi connectivity index (χ0v) is 18.2. The quantitative estimate of drug-likeness (QED) is 0.507. The number of carbonyl (C=O) groups excluding carboxylic acids is 1. The fourth-order valence-corrected chi connectivity index (χ4v) is 3.70. The molecule has 7 heteroatoms. The molecule has 0 spiro atoms. The van der Waals surface area contributed by atoms with E-state index < -0.39 is 12.1 Å². The highest BCUT2D eigenvalue weighted by atomic mass is 32.1. The first-order chi connectivity index (χ1) is 14.5. The molecule has 1 unspecified atom stereocenters. The number of hydrogen-bond donors (Lipinski definition) is 2. The highest BCUT2D eigenvalue weighted by Gasteiger charge is 2.34. The first-order valence-corrected chi connectivity index (χ1v) is 10.3. The summed E-state index contributed by atoms with van der Waals surface area (Å²) in [5.74, 6) is 0.775. The van der Waals surface area contributed by atoms with Gasteiger partial charge in [0.1, 0.15) is 17.8 Å². The summed E-state index contributed by atoms with van der Waals surface area (Å²) in [4.78, 5) is 14.4. The van der Waals surface area contributed by atoms with Gasteiger partial charge in [-0.05, 0) is 42.7 Å². The molecule has 3 rings (SSSR count). The summed E-state index contributed by atoms with van der Waals surface area (Å²) in [6.07, 6.45) is 1.44. The highest BCUT2D eigenvalue weighted by Crippen LogP contribution is 2.39. The predicted octanol–water partition coefficient (Wildman–Crippen LogP) is 4.48. The molecule has 0 radical (unpaired) electrons. The van der Waals surface area contributed by atoms with Crippen molar-refractivity contribution in [3.8, 4) is 17.6 Å². The molecule has 6 nitrogen and oxygen atoms in total. The number of nitriles is 1. The van der Waals surface area contributed by atoms with Gasteiger partial charge in [-0.2, -0.15) is 5.26 Å². The average molecular weight is 424 g/mol. The van der Waals surface area contributed by atoms with Crippen LogP contribution < -0.4 is 19.7 Å². The van der Waals surface area contributed by atoms with E-state index in [0.29, 0.717) is 23.1 Å². The van der Waals surface area contributed by atoms with Gasteiger partial charge in [0.25, 0.3) is 5.91 Å². The van der Waals surface area contributed by atoms with Gasteiger partial charge in [-0.3, -0.25) is 4.79 Å². The Kier molecular flexibility index (Phi) is 6.91. The molecule has 1 amide bonds. The standard InChI is InChI=1S/C23H25N3O3S/c1-4-5-12-29-19-11-10-16(13-20(19)28-3)21-25-22(27)17(14-24)23(30)26(21)18-9-7-6-8-15(18)2/h6-11,13,21,30H,4-5,12H2,1-3H3,(H,25,27). The third-order valence-electron chi connectivity index (χ3n) is 4.95. The Morgan fingerprint density at radius 3 is 2.67 bits per heavy atom. The second-order valence-electron chi connectivity index (χ2n) is 6.96. The van der Waals surface area contributed by atoms with Crippen molar-refractivity contribution in [2.24, 2.45) is 0 Å². The van der Waals surface area contributed by atoms with Crippen LogP contribution in [-0.2, 0) is 4.79 Å². The Labute approximate surface area is 182 Å². The summed E-state index contributed by atoms with van der Waals surface area (Å²) in [5.41, 5.74) is 2.61. The van der Waals surface area contributed by atoms with Crippen LogP contribution in [0.25, 0.3) is 0 Å². The van der Waals surface area contributed by atoms with Crippen LogP contribution >= 0.6 is 12.6 Å². The SMILES string of the molecule is CCCCOc1ccc(C2NC(=O)C(C#N)=C(S)N2c2ccccc2C)cc1OC. The van der Waals surface area contributed by atoms with Crippen LogP contribution in [0.5, 0.6) is 11.5 Å². The van der Waals surface area contributed by atoms with Gasteiger partial charge < -0.3 is 19.7 Å². The number of benzene rings is 2. The van der Waals surface area contributed by atoms with E-state index in [1.54, 1.807) is 7.11 Å². The summed E-state index contributed by atoms with van der Waals surface area (Å²) < 4.78 is 11.4. The minimum absolute atomic E-state index is 0.0238. The van der Waals surface area contributed by atoms with Crippen LogP contribution in [0, 0.1) is 18.3 Å². The number of thiol groups is 1. The number of rotatable bonds is 7. The summed E-state index contributed by atoms with van der Waals surface area (Å²) in [7, 11) is 1.59. The number of unbranched alkanes of at least 4 members (excludes halogenated alkanes) is 1. The van der Waals surface area contributed by atoms with Crippen molar-refractivity contribution in [3.63, 3.8) is 0 Å². The molecule has 0 saturated carbocycles. The maximum absolute atomic E-state index is 12.6. The zero-order chi connectivity index (χ0) is 21.7. The van der Waals surface area contributed by atoms with Crippen LogP contribution in [0.4, 0.5) is 5.69 Å². The number of carbonyl (C=O) groups is 1. The molecule has 156 valence electrons. The lowest BCUT2D eigenvalue weighted by Gasteiger charge is -2.38. The molecule has 0 saturated heterocycles. The summed E-state index contributed by atoms with van der Waals surface area (Å²) in [5, 5.41) is 12.7. The molecule has 1 aliphatic rings. The molecule has 1 N–H and O–H groups in total. The van der Waals surface area contributed by atoms with Crippen molar-refractivity contribution in [1.82, 2.24) is 5.32 Å². The fourth-order valence-electron chi connectivity index (χ4n) is 3.33. The normalized spacial score (nSPS) is 16.2. The van der Waals surface area contributed by atoms with E-state index in [4.69, 9.17) is 9.47 Å². The van der Waals surface area contributed by atoms with Gasteiger partial charge in [-0.1, -0.05) is 37.6 Å². The average Bonchev–Trinajstić information content (AvgIpc) is 2.75. The number of para-hydroxylation sites is 1. The molecule has 30 heavy (non-hydrogen) atoms. The van der Waals surface area contributed by atoms with Gasteiger partial charge in [-0.15, -0.1) is 12.6 Å². The fraction of sp³-hybridized carbons (Fsp3) is 0.304. The van der Waals surface area contributed by atoms with Crippen LogP contribution in [0.3, 0.4) is 0 Å². The maximum atomic E-state index is 12.6. The van der Waals surface area contributed by atoms with Crippen molar-refractivity contribution in [3.05, 3.63) is 64.2 Å². The lowest BCUT2D eigenvalue weighted by atomic mass is 10.0. The number of methoxy groups -OCH3 is 1. The van der Waals surface area contributed by atoms with Crippen molar-refractivity contribution in [2.75, 3.05) is 18.6 Å². The molecule has 1 aliphatic heterocycles. The van der Waals surface area contributed by atoms with Crippen molar-refractivity contribution < 1.29 is 14.3 Å². The number of nitrogens with zero attached hydrogens (tertiary/aromatic N) is 2. The predicted molar refractivity (Wildman–Crippen MR) is 120 cm³/mol. The Morgan fingerprint density at radius 2 is 2.00 bits per heavy atom. The number of anilines is 1. The third kappa shape index (κ3) is 4.24. The first kappa shape index (κ1) is 21.6. The number of amides is 1. The van der Waals surface area contributed by atoms with Crippen molar-refractivity contribution >= 4 is 24.2 Å². The molecule has 0 aliphatic carbocycles. The van der Waals surface area contributed by atoms with Gasteiger partial charge in [-0.25, -0.2) is 0 Å². The van der Waals surface area contributed by atoms with Crippen LogP contribution in [-0.4, -0.2) is 19.6 Å². The van der Waals surface area contributed by atoms with Crippen molar-refractivity contribution in [1.29, 1.82) is 5.26 Å². The van der Waals surface area contributed by atoms with E-state index in [9.17, 15) is 10.1 Å². The van der Waals surface area contributed by atoms with Crippen LogP contribution in [0.1, 0.15) is 37.1 Å². The Morgan fingerprint density at radius 1 is 1.23 bits per heavy atom. The Hall–Kier alpha value is -3.11. The van der Waals surface area contributed by atoms with E-state index >= 15 is 0 Å². The minimum Gasteiger partial charge on any atom is -0.493 e. The van der Waals surface area contributed by atoms with Gasteiger partial charge in [0.15, 0.2) is 11.5 Å². The second kappa shape index (κ2) is 9.59. The summed E-state index contributed by atoms with van der Waals surface area (Å²) in [6.45, 7) is 4.69. The second-order valence-corrected chi connectivity index (χ2v) is 7.38. The van der Waals surface area contributed by atoms with Gasteiger partial charge in [0.2, 0.25) is 0 Å². The van der Waals surface area contributed by atoms with E-state index in [-0.39, 0.29) is 5.57 Å². The van der Waals surface area contributed by atoms with E-state index in [1.807, 2.05) is 60.4 Å². The molecular weight excluding hydrogens is 398 g/mol. The van der Waals surface area contributed by atoms with Crippen LogP contribution in [0.2, 0.25) is 0 Å². The monoisotopic (exact) mass is 423 g/mol. The summed E-state index contributed by atoms with van der Waals surface area (Å²) >= 11 is 4.55. The highest BCUT2D eigenvalue weighted by molar-refractivity contribution is 7.84. The number of nitrogens with one attached hydrogen (secondary N) is 1. The first-order valence-electron chi connectivity index (χ1n) is 9.81. The van der Waals surface area contributed by atoms with Gasteiger partial charge in [0.05, 0.1) is 18.7 Å². The van der Waals surface area contributed by atoms with Crippen molar-refractivity contribution in [2.45, 2.75) is 32.9 Å². The smallest absolute Gasteiger partial charge is 0.266 e. The Bertz CT molecular complexity index is 1010. The zero-order valence-electron chi connectivity index (χ0n) is 17.3.